The van der Waals surface area contributed by atoms with Gasteiger partial charge in [0, 0.05) is 45.4 Å². The van der Waals surface area contributed by atoms with Crippen LogP contribution in [0.4, 0.5) is 0 Å². The summed E-state index contributed by atoms with van der Waals surface area (Å²) in [6, 6.07) is 10.1. The van der Waals surface area contributed by atoms with Gasteiger partial charge in [-0.1, -0.05) is 18.2 Å². The van der Waals surface area contributed by atoms with E-state index in [0.717, 1.165) is 74.9 Å². The van der Waals surface area contributed by atoms with E-state index in [1.807, 2.05) is 18.2 Å². The van der Waals surface area contributed by atoms with Crippen LogP contribution in [0.1, 0.15) is 25.0 Å². The van der Waals surface area contributed by atoms with E-state index in [9.17, 15) is 0 Å². The minimum Gasteiger partial charge on any atom is -0.459 e. The Morgan fingerprint density at radius 3 is 2.88 bits per heavy atom. The van der Waals surface area contributed by atoms with Crippen molar-refractivity contribution < 1.29 is 13.9 Å². The van der Waals surface area contributed by atoms with Crippen LogP contribution in [0.5, 0.6) is 0 Å². The first-order chi connectivity index (χ1) is 12.8. The molecule has 26 heavy (non-hydrogen) atoms. The highest BCUT2D eigenvalue weighted by molar-refractivity contribution is 5.80. The fourth-order valence-electron chi connectivity index (χ4n) is 3.06. The standard InChI is InChI=1S/C20H29N3O3/c1-21-20(22-9-4-10-25-15-16-7-11-24-12-8-16)23-14-18-13-17-5-2-3-6-19(17)26-18/h2-3,5-6,13,16H,4,7-12,14-15H2,1H3,(H2,21,22,23). The van der Waals surface area contributed by atoms with Crippen molar-refractivity contribution in [3.05, 3.63) is 36.1 Å². The number of hydrogen-bond acceptors (Lipinski definition) is 4. The Hall–Kier alpha value is -2.05. The molecule has 1 aromatic carbocycles. The molecule has 2 heterocycles. The molecule has 1 saturated heterocycles. The molecule has 2 aromatic rings. The summed E-state index contributed by atoms with van der Waals surface area (Å²) < 4.78 is 16.9. The summed E-state index contributed by atoms with van der Waals surface area (Å²) in [5, 5.41) is 7.71. The largest absolute Gasteiger partial charge is 0.459 e. The summed E-state index contributed by atoms with van der Waals surface area (Å²) >= 11 is 0. The molecule has 1 fully saturated rings. The highest BCUT2D eigenvalue weighted by atomic mass is 16.5. The Balaban J connectivity index is 1.29. The number of nitrogens with one attached hydrogen (secondary N) is 2. The van der Waals surface area contributed by atoms with Gasteiger partial charge >= 0.3 is 0 Å². The van der Waals surface area contributed by atoms with Crippen LogP contribution in [-0.2, 0) is 16.0 Å². The minimum absolute atomic E-state index is 0.606. The minimum atomic E-state index is 0.606. The normalized spacial score (nSPS) is 16.1. The molecule has 6 nitrogen and oxygen atoms in total. The first-order valence-corrected chi connectivity index (χ1v) is 9.42. The molecule has 0 spiro atoms. The van der Waals surface area contributed by atoms with Gasteiger partial charge in [-0.05, 0) is 37.3 Å². The van der Waals surface area contributed by atoms with E-state index in [0.29, 0.717) is 12.5 Å². The Kier molecular flexibility index (Phi) is 7.34. The van der Waals surface area contributed by atoms with Gasteiger partial charge in [0.25, 0.3) is 0 Å². The third-order valence-electron chi connectivity index (χ3n) is 4.58. The van der Waals surface area contributed by atoms with Crippen molar-refractivity contribution in [1.29, 1.82) is 0 Å². The number of rotatable bonds is 8. The molecule has 0 radical (unpaired) electrons. The Bertz CT molecular complexity index is 659. The molecule has 0 unspecified atom stereocenters. The van der Waals surface area contributed by atoms with Crippen LogP contribution in [-0.4, -0.2) is 46.0 Å². The van der Waals surface area contributed by atoms with Crippen molar-refractivity contribution >= 4 is 16.9 Å². The van der Waals surface area contributed by atoms with Crippen LogP contribution in [0.15, 0.2) is 39.7 Å². The van der Waals surface area contributed by atoms with Crippen LogP contribution in [0.3, 0.4) is 0 Å². The fourth-order valence-corrected chi connectivity index (χ4v) is 3.06. The highest BCUT2D eigenvalue weighted by Crippen LogP contribution is 2.18. The van der Waals surface area contributed by atoms with Gasteiger partial charge in [0.2, 0.25) is 0 Å². The van der Waals surface area contributed by atoms with Gasteiger partial charge in [-0.15, -0.1) is 0 Å². The van der Waals surface area contributed by atoms with Crippen molar-refractivity contribution in [3.63, 3.8) is 0 Å². The zero-order valence-corrected chi connectivity index (χ0v) is 15.5. The molecule has 1 aliphatic rings. The average Bonchev–Trinajstić information content (AvgIpc) is 3.10. The number of nitrogens with zero attached hydrogens (tertiary/aromatic N) is 1. The van der Waals surface area contributed by atoms with Gasteiger partial charge in [-0.2, -0.15) is 0 Å². The van der Waals surface area contributed by atoms with Crippen LogP contribution in [0, 0.1) is 5.92 Å². The highest BCUT2D eigenvalue weighted by Gasteiger charge is 2.13. The number of furan rings is 1. The van der Waals surface area contributed by atoms with Gasteiger partial charge in [0.1, 0.15) is 11.3 Å². The average molecular weight is 359 g/mol. The molecule has 1 aromatic heterocycles. The number of guanidine groups is 1. The molecule has 2 N–H and O–H groups in total. The smallest absolute Gasteiger partial charge is 0.191 e. The summed E-state index contributed by atoms with van der Waals surface area (Å²) in [6.45, 7) is 4.81. The second kappa shape index (κ2) is 10.2. The lowest BCUT2D eigenvalue weighted by Gasteiger charge is -2.21. The van der Waals surface area contributed by atoms with Crippen LogP contribution < -0.4 is 10.6 Å². The second-order valence-corrected chi connectivity index (χ2v) is 6.59. The number of ether oxygens (including phenoxy) is 2. The third-order valence-corrected chi connectivity index (χ3v) is 4.58. The van der Waals surface area contributed by atoms with E-state index in [1.54, 1.807) is 7.05 Å². The lowest BCUT2D eigenvalue weighted by molar-refractivity contribution is 0.0203. The second-order valence-electron chi connectivity index (χ2n) is 6.59. The summed E-state index contributed by atoms with van der Waals surface area (Å²) in [4.78, 5) is 4.25. The number of para-hydroxylation sites is 1. The number of aliphatic imine (C=N–C) groups is 1. The maximum atomic E-state index is 5.80. The Labute approximate surface area is 155 Å². The van der Waals surface area contributed by atoms with Gasteiger partial charge in [0.05, 0.1) is 6.54 Å². The van der Waals surface area contributed by atoms with E-state index in [1.165, 1.54) is 0 Å². The molecule has 0 atom stereocenters. The molecule has 0 saturated carbocycles. The first-order valence-electron chi connectivity index (χ1n) is 9.42. The van der Waals surface area contributed by atoms with Crippen LogP contribution in [0.2, 0.25) is 0 Å². The van der Waals surface area contributed by atoms with Crippen LogP contribution >= 0.6 is 0 Å². The van der Waals surface area contributed by atoms with Crippen molar-refractivity contribution in [2.45, 2.75) is 25.8 Å². The maximum absolute atomic E-state index is 5.80. The lowest BCUT2D eigenvalue weighted by Crippen LogP contribution is -2.37. The summed E-state index contributed by atoms with van der Waals surface area (Å²) in [5.74, 6) is 2.33. The SMILES string of the molecule is CN=C(NCCCOCC1CCOCC1)NCc1cc2ccccc2o1. The molecular weight excluding hydrogens is 330 g/mol. The van der Waals surface area contributed by atoms with Gasteiger partial charge < -0.3 is 24.5 Å². The van der Waals surface area contributed by atoms with E-state index in [2.05, 4.69) is 27.8 Å². The third kappa shape index (κ3) is 5.75. The molecule has 6 heteroatoms. The first kappa shape index (κ1) is 18.7. The Morgan fingerprint density at radius 1 is 1.23 bits per heavy atom. The topological polar surface area (TPSA) is 68.0 Å². The number of hydrogen-bond donors (Lipinski definition) is 2. The van der Waals surface area contributed by atoms with Crippen molar-refractivity contribution in [3.8, 4) is 0 Å². The van der Waals surface area contributed by atoms with Gasteiger partial charge in [-0.25, -0.2) is 0 Å². The lowest BCUT2D eigenvalue weighted by atomic mass is 10.0. The molecule has 0 aliphatic carbocycles. The van der Waals surface area contributed by atoms with Crippen molar-refractivity contribution in [1.82, 2.24) is 10.6 Å². The molecule has 0 bridgehead atoms. The quantitative estimate of drug-likeness (QED) is 0.431. The van der Waals surface area contributed by atoms with Crippen molar-refractivity contribution in [2.75, 3.05) is 40.0 Å². The zero-order valence-electron chi connectivity index (χ0n) is 15.5. The molecular formula is C20H29N3O3. The monoisotopic (exact) mass is 359 g/mol. The van der Waals surface area contributed by atoms with E-state index in [-0.39, 0.29) is 0 Å². The van der Waals surface area contributed by atoms with Crippen LogP contribution in [0.25, 0.3) is 11.0 Å². The number of fused-ring (bicyclic) bond motifs is 1. The molecule has 1 aliphatic heterocycles. The Morgan fingerprint density at radius 2 is 2.08 bits per heavy atom. The molecule has 0 amide bonds. The maximum Gasteiger partial charge on any atom is 0.191 e. The van der Waals surface area contributed by atoms with E-state index >= 15 is 0 Å². The summed E-state index contributed by atoms with van der Waals surface area (Å²) in [5.41, 5.74) is 0.911. The summed E-state index contributed by atoms with van der Waals surface area (Å²) in [7, 11) is 1.77. The summed E-state index contributed by atoms with van der Waals surface area (Å²) in [6.07, 6.45) is 3.20. The predicted molar refractivity (Wildman–Crippen MR) is 103 cm³/mol. The van der Waals surface area contributed by atoms with Gasteiger partial charge in [0.15, 0.2) is 5.96 Å². The van der Waals surface area contributed by atoms with E-state index in [4.69, 9.17) is 13.9 Å². The van der Waals surface area contributed by atoms with E-state index < -0.39 is 0 Å². The van der Waals surface area contributed by atoms with Crippen molar-refractivity contribution in [2.24, 2.45) is 10.9 Å². The zero-order chi connectivity index (χ0) is 18.0. The fraction of sp³-hybridized carbons (Fsp3) is 0.550. The van der Waals surface area contributed by atoms with Gasteiger partial charge in [-0.3, -0.25) is 4.99 Å². The number of benzene rings is 1. The molecule has 3 rings (SSSR count). The predicted octanol–water partition coefficient (Wildman–Crippen LogP) is 2.93. The molecule has 142 valence electrons.